The third kappa shape index (κ3) is 2.82. The molecular formula is C11H20N4O. The van der Waals surface area contributed by atoms with Crippen LogP contribution in [-0.4, -0.2) is 29.7 Å². The zero-order chi connectivity index (χ0) is 12.1. The molecule has 0 aliphatic heterocycles. The highest BCUT2D eigenvalue weighted by molar-refractivity contribution is 5.34. The number of hydrogen-bond acceptors (Lipinski definition) is 4. The SMILES string of the molecule is CC(C)n1ccnc(N(C)CCCN)c1=O. The number of nitrogens with two attached hydrogens (primary N) is 1. The Kier molecular flexibility index (Phi) is 4.49. The predicted molar refractivity (Wildman–Crippen MR) is 65.8 cm³/mol. The van der Waals surface area contributed by atoms with Crippen LogP contribution in [0, 0.1) is 0 Å². The van der Waals surface area contributed by atoms with Crippen molar-refractivity contribution in [1.82, 2.24) is 9.55 Å². The lowest BCUT2D eigenvalue weighted by molar-refractivity contribution is 0.572. The fourth-order valence-corrected chi connectivity index (χ4v) is 1.52. The Bertz CT molecular complexity index is 386. The minimum atomic E-state index is -0.0444. The topological polar surface area (TPSA) is 64.2 Å². The summed E-state index contributed by atoms with van der Waals surface area (Å²) in [5.74, 6) is 0.490. The number of rotatable bonds is 5. The molecule has 0 saturated heterocycles. The van der Waals surface area contributed by atoms with Gasteiger partial charge in [0.2, 0.25) is 0 Å². The van der Waals surface area contributed by atoms with Gasteiger partial charge in [0.15, 0.2) is 5.82 Å². The Morgan fingerprint density at radius 1 is 1.56 bits per heavy atom. The monoisotopic (exact) mass is 224 g/mol. The van der Waals surface area contributed by atoms with Gasteiger partial charge in [-0.25, -0.2) is 4.98 Å². The highest BCUT2D eigenvalue weighted by Crippen LogP contribution is 2.05. The van der Waals surface area contributed by atoms with E-state index in [1.165, 1.54) is 0 Å². The molecule has 0 fully saturated rings. The summed E-state index contributed by atoms with van der Waals surface area (Å²) in [6, 6.07) is 0.150. The average molecular weight is 224 g/mol. The lowest BCUT2D eigenvalue weighted by atomic mass is 10.3. The molecule has 0 spiro atoms. The summed E-state index contributed by atoms with van der Waals surface area (Å²) in [4.78, 5) is 18.0. The van der Waals surface area contributed by atoms with Crippen molar-refractivity contribution in [2.45, 2.75) is 26.3 Å². The van der Waals surface area contributed by atoms with Gasteiger partial charge in [-0.15, -0.1) is 0 Å². The van der Waals surface area contributed by atoms with Crippen LogP contribution in [0.1, 0.15) is 26.3 Å². The largest absolute Gasteiger partial charge is 0.355 e. The van der Waals surface area contributed by atoms with E-state index in [2.05, 4.69) is 4.98 Å². The Balaban J connectivity index is 2.96. The van der Waals surface area contributed by atoms with Crippen LogP contribution in [-0.2, 0) is 0 Å². The molecule has 0 aromatic carbocycles. The summed E-state index contributed by atoms with van der Waals surface area (Å²) in [7, 11) is 1.87. The number of hydrogen-bond donors (Lipinski definition) is 1. The molecule has 16 heavy (non-hydrogen) atoms. The molecule has 0 saturated carbocycles. The van der Waals surface area contributed by atoms with Crippen LogP contribution in [0.2, 0.25) is 0 Å². The van der Waals surface area contributed by atoms with Crippen LogP contribution in [0.4, 0.5) is 5.82 Å². The van der Waals surface area contributed by atoms with Gasteiger partial charge in [-0.05, 0) is 26.8 Å². The lowest BCUT2D eigenvalue weighted by Gasteiger charge is -2.18. The van der Waals surface area contributed by atoms with Crippen LogP contribution in [0.25, 0.3) is 0 Å². The maximum Gasteiger partial charge on any atom is 0.293 e. The first-order valence-electron chi connectivity index (χ1n) is 5.56. The molecule has 0 unspecified atom stereocenters. The van der Waals surface area contributed by atoms with Crippen LogP contribution in [0.5, 0.6) is 0 Å². The van der Waals surface area contributed by atoms with Gasteiger partial charge in [0, 0.05) is 32.0 Å². The third-order valence-electron chi connectivity index (χ3n) is 2.47. The highest BCUT2D eigenvalue weighted by atomic mass is 16.1. The molecule has 0 bridgehead atoms. The average Bonchev–Trinajstić information content (AvgIpc) is 2.25. The Morgan fingerprint density at radius 3 is 2.81 bits per heavy atom. The maximum atomic E-state index is 12.0. The van der Waals surface area contributed by atoms with Crippen molar-refractivity contribution < 1.29 is 0 Å². The molecule has 90 valence electrons. The number of aromatic nitrogens is 2. The molecule has 0 radical (unpaired) electrons. The molecule has 0 aliphatic carbocycles. The van der Waals surface area contributed by atoms with E-state index in [1.807, 2.05) is 25.8 Å². The first-order chi connectivity index (χ1) is 7.57. The minimum Gasteiger partial charge on any atom is -0.355 e. The Hall–Kier alpha value is -1.36. The fraction of sp³-hybridized carbons (Fsp3) is 0.636. The summed E-state index contributed by atoms with van der Waals surface area (Å²) in [6.45, 7) is 5.33. The summed E-state index contributed by atoms with van der Waals surface area (Å²) in [6.07, 6.45) is 4.23. The molecule has 1 rings (SSSR count). The molecule has 1 aromatic heterocycles. The van der Waals surface area contributed by atoms with Crippen molar-refractivity contribution in [3.63, 3.8) is 0 Å². The third-order valence-corrected chi connectivity index (χ3v) is 2.47. The normalized spacial score (nSPS) is 10.8. The van der Waals surface area contributed by atoms with Gasteiger partial charge in [0.1, 0.15) is 0 Å². The van der Waals surface area contributed by atoms with Crippen molar-refractivity contribution in [3.8, 4) is 0 Å². The predicted octanol–water partition coefficient (Wildman–Crippen LogP) is 0.609. The van der Waals surface area contributed by atoms with Gasteiger partial charge in [0.05, 0.1) is 0 Å². The van der Waals surface area contributed by atoms with Crippen molar-refractivity contribution in [2.24, 2.45) is 5.73 Å². The molecule has 0 atom stereocenters. The van der Waals surface area contributed by atoms with E-state index in [4.69, 9.17) is 5.73 Å². The minimum absolute atomic E-state index is 0.0444. The van der Waals surface area contributed by atoms with Gasteiger partial charge in [-0.2, -0.15) is 0 Å². The highest BCUT2D eigenvalue weighted by Gasteiger charge is 2.10. The second kappa shape index (κ2) is 5.65. The van der Waals surface area contributed by atoms with Crippen molar-refractivity contribution >= 4 is 5.82 Å². The van der Waals surface area contributed by atoms with Crippen LogP contribution in [0.3, 0.4) is 0 Å². The van der Waals surface area contributed by atoms with E-state index in [9.17, 15) is 4.79 Å². The second-order valence-electron chi connectivity index (χ2n) is 4.12. The quantitative estimate of drug-likeness (QED) is 0.796. The summed E-state index contributed by atoms with van der Waals surface area (Å²) in [5, 5.41) is 0. The van der Waals surface area contributed by atoms with E-state index in [-0.39, 0.29) is 11.6 Å². The molecule has 5 nitrogen and oxygen atoms in total. The van der Waals surface area contributed by atoms with Crippen molar-refractivity contribution in [1.29, 1.82) is 0 Å². The van der Waals surface area contributed by atoms with Crippen molar-refractivity contribution in [2.75, 3.05) is 25.0 Å². The van der Waals surface area contributed by atoms with E-state index in [0.717, 1.165) is 13.0 Å². The molecule has 1 aromatic rings. The second-order valence-corrected chi connectivity index (χ2v) is 4.12. The summed E-state index contributed by atoms with van der Waals surface area (Å²) < 4.78 is 1.68. The van der Waals surface area contributed by atoms with Crippen LogP contribution < -0.4 is 16.2 Å². The van der Waals surface area contributed by atoms with E-state index in [0.29, 0.717) is 12.4 Å². The first kappa shape index (κ1) is 12.7. The number of nitrogens with zero attached hydrogens (tertiary/aromatic N) is 3. The van der Waals surface area contributed by atoms with Crippen LogP contribution in [0.15, 0.2) is 17.2 Å². The molecule has 1 heterocycles. The Morgan fingerprint density at radius 2 is 2.25 bits per heavy atom. The fourth-order valence-electron chi connectivity index (χ4n) is 1.52. The van der Waals surface area contributed by atoms with Gasteiger partial charge in [0.25, 0.3) is 5.56 Å². The summed E-state index contributed by atoms with van der Waals surface area (Å²) in [5.41, 5.74) is 5.40. The van der Waals surface area contributed by atoms with E-state index >= 15 is 0 Å². The molecule has 5 heteroatoms. The van der Waals surface area contributed by atoms with E-state index < -0.39 is 0 Å². The standard InChI is InChI=1S/C11H20N4O/c1-9(2)15-8-6-13-10(11(15)16)14(3)7-4-5-12/h6,8-9H,4-5,7,12H2,1-3H3. The smallest absolute Gasteiger partial charge is 0.293 e. The molecular weight excluding hydrogens is 204 g/mol. The molecule has 2 N–H and O–H groups in total. The van der Waals surface area contributed by atoms with Gasteiger partial charge in [-0.3, -0.25) is 4.79 Å². The van der Waals surface area contributed by atoms with Crippen LogP contribution >= 0.6 is 0 Å². The van der Waals surface area contributed by atoms with Gasteiger partial charge >= 0.3 is 0 Å². The summed E-state index contributed by atoms with van der Waals surface area (Å²) >= 11 is 0. The zero-order valence-corrected chi connectivity index (χ0v) is 10.2. The Labute approximate surface area is 95.9 Å². The first-order valence-corrected chi connectivity index (χ1v) is 5.56. The van der Waals surface area contributed by atoms with Gasteiger partial charge in [-0.1, -0.05) is 0 Å². The number of anilines is 1. The van der Waals surface area contributed by atoms with Gasteiger partial charge < -0.3 is 15.2 Å². The zero-order valence-electron chi connectivity index (χ0n) is 10.2. The lowest BCUT2D eigenvalue weighted by Crippen LogP contribution is -2.32. The maximum absolute atomic E-state index is 12.0. The molecule has 0 aliphatic rings. The van der Waals surface area contributed by atoms with E-state index in [1.54, 1.807) is 17.0 Å². The van der Waals surface area contributed by atoms with Crippen molar-refractivity contribution in [3.05, 3.63) is 22.7 Å². The molecule has 0 amide bonds.